The zero-order valence-electron chi connectivity index (χ0n) is 13.9. The molecule has 0 aromatic rings. The molecule has 0 radical (unpaired) electrons. The van der Waals surface area contributed by atoms with Crippen molar-refractivity contribution in [2.45, 2.75) is 78.2 Å². The molecule has 20 heavy (non-hydrogen) atoms. The van der Waals surface area contributed by atoms with Gasteiger partial charge in [-0.05, 0) is 62.4 Å². The SMILES string of the molecule is CCC1CCC(O)C(CN2CCC(CC)(CC)CC2)C1. The van der Waals surface area contributed by atoms with E-state index in [1.54, 1.807) is 0 Å². The number of nitrogens with zero attached hydrogens (tertiary/aromatic N) is 1. The lowest BCUT2D eigenvalue weighted by atomic mass is 9.73. The van der Waals surface area contributed by atoms with Crippen molar-refractivity contribution in [3.8, 4) is 0 Å². The van der Waals surface area contributed by atoms with Gasteiger partial charge in [0.1, 0.15) is 0 Å². The molecular weight excluding hydrogens is 246 g/mol. The van der Waals surface area contributed by atoms with E-state index >= 15 is 0 Å². The lowest BCUT2D eigenvalue weighted by molar-refractivity contribution is 0.0101. The second kappa shape index (κ2) is 7.26. The molecule has 3 atom stereocenters. The maximum Gasteiger partial charge on any atom is 0.0580 e. The molecule has 1 saturated carbocycles. The molecule has 1 aliphatic heterocycles. The van der Waals surface area contributed by atoms with E-state index in [1.807, 2.05) is 0 Å². The van der Waals surface area contributed by atoms with Crippen molar-refractivity contribution in [2.24, 2.45) is 17.3 Å². The molecule has 1 saturated heterocycles. The number of piperidine rings is 1. The van der Waals surface area contributed by atoms with Crippen LogP contribution in [-0.4, -0.2) is 35.7 Å². The van der Waals surface area contributed by atoms with E-state index < -0.39 is 0 Å². The second-order valence-electron chi connectivity index (χ2n) is 7.42. The minimum atomic E-state index is -0.0400. The third kappa shape index (κ3) is 3.76. The molecule has 2 fully saturated rings. The van der Waals surface area contributed by atoms with Gasteiger partial charge in [-0.1, -0.05) is 40.0 Å². The molecule has 1 aliphatic carbocycles. The van der Waals surface area contributed by atoms with E-state index in [1.165, 1.54) is 58.0 Å². The van der Waals surface area contributed by atoms with Gasteiger partial charge in [-0.25, -0.2) is 0 Å². The fourth-order valence-corrected chi connectivity index (χ4v) is 4.41. The number of likely N-dealkylation sites (tertiary alicyclic amines) is 1. The first-order chi connectivity index (χ1) is 9.62. The minimum Gasteiger partial charge on any atom is -0.393 e. The molecular formula is C18H35NO. The van der Waals surface area contributed by atoms with Crippen molar-refractivity contribution in [2.75, 3.05) is 19.6 Å². The summed E-state index contributed by atoms with van der Waals surface area (Å²) in [7, 11) is 0. The van der Waals surface area contributed by atoms with Crippen LogP contribution in [0, 0.1) is 17.3 Å². The summed E-state index contributed by atoms with van der Waals surface area (Å²) in [6, 6.07) is 0. The molecule has 1 heterocycles. The average Bonchev–Trinajstić information content (AvgIpc) is 2.50. The summed E-state index contributed by atoms with van der Waals surface area (Å²) in [5.41, 5.74) is 0.619. The number of rotatable bonds is 5. The monoisotopic (exact) mass is 281 g/mol. The number of aliphatic hydroxyl groups excluding tert-OH is 1. The molecule has 0 aromatic heterocycles. The Balaban J connectivity index is 1.82. The first kappa shape index (κ1) is 16.3. The van der Waals surface area contributed by atoms with Crippen LogP contribution in [0.1, 0.15) is 72.1 Å². The van der Waals surface area contributed by atoms with Gasteiger partial charge in [0, 0.05) is 6.54 Å². The van der Waals surface area contributed by atoms with Gasteiger partial charge in [-0.2, -0.15) is 0 Å². The van der Waals surface area contributed by atoms with Crippen LogP contribution >= 0.6 is 0 Å². The van der Waals surface area contributed by atoms with Crippen molar-refractivity contribution in [3.05, 3.63) is 0 Å². The Morgan fingerprint density at radius 3 is 2.25 bits per heavy atom. The van der Waals surface area contributed by atoms with Gasteiger partial charge in [0.25, 0.3) is 0 Å². The highest BCUT2D eigenvalue weighted by molar-refractivity contribution is 4.87. The van der Waals surface area contributed by atoms with E-state index in [-0.39, 0.29) is 6.10 Å². The molecule has 2 nitrogen and oxygen atoms in total. The molecule has 2 aliphatic rings. The third-order valence-electron chi connectivity index (χ3n) is 6.54. The largest absolute Gasteiger partial charge is 0.393 e. The lowest BCUT2D eigenvalue weighted by Gasteiger charge is -2.43. The van der Waals surface area contributed by atoms with Gasteiger partial charge >= 0.3 is 0 Å². The van der Waals surface area contributed by atoms with Crippen molar-refractivity contribution in [1.82, 2.24) is 4.90 Å². The molecule has 0 bridgehead atoms. The van der Waals surface area contributed by atoms with Crippen molar-refractivity contribution in [1.29, 1.82) is 0 Å². The van der Waals surface area contributed by atoms with Crippen LogP contribution in [0.2, 0.25) is 0 Å². The van der Waals surface area contributed by atoms with Gasteiger partial charge in [0.05, 0.1) is 6.10 Å². The fourth-order valence-electron chi connectivity index (χ4n) is 4.41. The van der Waals surface area contributed by atoms with E-state index in [0.717, 1.165) is 18.9 Å². The van der Waals surface area contributed by atoms with Gasteiger partial charge in [0.2, 0.25) is 0 Å². The lowest BCUT2D eigenvalue weighted by Crippen LogP contribution is -2.45. The molecule has 1 N–H and O–H groups in total. The van der Waals surface area contributed by atoms with E-state index in [2.05, 4.69) is 25.7 Å². The predicted octanol–water partition coefficient (Wildman–Crippen LogP) is 4.08. The zero-order valence-corrected chi connectivity index (χ0v) is 13.9. The number of hydrogen-bond donors (Lipinski definition) is 1. The fraction of sp³-hybridized carbons (Fsp3) is 1.00. The quantitative estimate of drug-likeness (QED) is 0.821. The first-order valence-electron chi connectivity index (χ1n) is 9.03. The van der Waals surface area contributed by atoms with Crippen LogP contribution in [0.15, 0.2) is 0 Å². The van der Waals surface area contributed by atoms with Crippen LogP contribution in [-0.2, 0) is 0 Å². The van der Waals surface area contributed by atoms with Crippen molar-refractivity contribution >= 4 is 0 Å². The highest BCUT2D eigenvalue weighted by Gasteiger charge is 2.34. The third-order valence-corrected chi connectivity index (χ3v) is 6.54. The van der Waals surface area contributed by atoms with Crippen molar-refractivity contribution < 1.29 is 5.11 Å². The topological polar surface area (TPSA) is 23.5 Å². The van der Waals surface area contributed by atoms with Crippen LogP contribution < -0.4 is 0 Å². The molecule has 118 valence electrons. The normalized spacial score (nSPS) is 35.1. The minimum absolute atomic E-state index is 0.0400. The Hall–Kier alpha value is -0.0800. The Bertz CT molecular complexity index is 277. The van der Waals surface area contributed by atoms with E-state index in [9.17, 15) is 5.11 Å². The Labute approximate surface area is 125 Å². The van der Waals surface area contributed by atoms with E-state index in [4.69, 9.17) is 0 Å². The Morgan fingerprint density at radius 1 is 1.05 bits per heavy atom. The molecule has 0 amide bonds. The maximum absolute atomic E-state index is 10.3. The highest BCUT2D eigenvalue weighted by Crippen LogP contribution is 2.39. The van der Waals surface area contributed by atoms with Crippen LogP contribution in [0.4, 0.5) is 0 Å². The summed E-state index contributed by atoms with van der Waals surface area (Å²) >= 11 is 0. The number of hydrogen-bond acceptors (Lipinski definition) is 2. The molecule has 2 heteroatoms. The van der Waals surface area contributed by atoms with Crippen LogP contribution in [0.25, 0.3) is 0 Å². The molecule has 0 aromatic carbocycles. The summed E-state index contributed by atoms with van der Waals surface area (Å²) in [6.07, 6.45) is 10.2. The second-order valence-corrected chi connectivity index (χ2v) is 7.42. The average molecular weight is 281 g/mol. The smallest absolute Gasteiger partial charge is 0.0580 e. The Kier molecular flexibility index (Phi) is 5.92. The van der Waals surface area contributed by atoms with Gasteiger partial charge in [-0.3, -0.25) is 0 Å². The summed E-state index contributed by atoms with van der Waals surface area (Å²) in [4.78, 5) is 2.63. The number of aliphatic hydroxyl groups is 1. The highest BCUT2D eigenvalue weighted by atomic mass is 16.3. The van der Waals surface area contributed by atoms with E-state index in [0.29, 0.717) is 11.3 Å². The van der Waals surface area contributed by atoms with Crippen LogP contribution in [0.3, 0.4) is 0 Å². The Morgan fingerprint density at radius 2 is 1.70 bits per heavy atom. The van der Waals surface area contributed by atoms with Crippen molar-refractivity contribution in [3.63, 3.8) is 0 Å². The summed E-state index contributed by atoms with van der Waals surface area (Å²) in [5.74, 6) is 1.39. The van der Waals surface area contributed by atoms with Gasteiger partial charge < -0.3 is 10.0 Å². The predicted molar refractivity (Wildman–Crippen MR) is 85.8 cm³/mol. The summed E-state index contributed by atoms with van der Waals surface area (Å²) < 4.78 is 0. The molecule has 0 spiro atoms. The summed E-state index contributed by atoms with van der Waals surface area (Å²) in [5, 5.41) is 10.3. The molecule has 2 rings (SSSR count). The van der Waals surface area contributed by atoms with Crippen LogP contribution in [0.5, 0.6) is 0 Å². The molecule has 3 unspecified atom stereocenters. The summed E-state index contributed by atoms with van der Waals surface area (Å²) in [6.45, 7) is 10.7. The van der Waals surface area contributed by atoms with Gasteiger partial charge in [-0.15, -0.1) is 0 Å². The zero-order chi connectivity index (χ0) is 14.6. The van der Waals surface area contributed by atoms with Gasteiger partial charge in [0.15, 0.2) is 0 Å². The maximum atomic E-state index is 10.3. The standard InChI is InChI=1S/C18H35NO/c1-4-15-7-8-17(20)16(13-15)14-19-11-9-18(5-2,6-3)10-12-19/h15-17,20H,4-14H2,1-3H3. The first-order valence-corrected chi connectivity index (χ1v) is 9.03.